The van der Waals surface area contributed by atoms with E-state index in [1.54, 1.807) is 0 Å². The van der Waals surface area contributed by atoms with Crippen LogP contribution >= 0.6 is 22.7 Å². The van der Waals surface area contributed by atoms with Gasteiger partial charge >= 0.3 is 0 Å². The van der Waals surface area contributed by atoms with E-state index < -0.39 is 0 Å². The third-order valence-electron chi connectivity index (χ3n) is 10.9. The molecule has 55 heavy (non-hydrogen) atoms. The molecule has 0 spiro atoms. The summed E-state index contributed by atoms with van der Waals surface area (Å²) in [5, 5.41) is 7.65. The van der Waals surface area contributed by atoms with Gasteiger partial charge in [-0.3, -0.25) is 0 Å². The van der Waals surface area contributed by atoms with Gasteiger partial charge in [-0.05, 0) is 81.1 Å². The predicted molar refractivity (Wildman–Crippen MR) is 241 cm³/mol. The van der Waals surface area contributed by atoms with Gasteiger partial charge in [0, 0.05) is 52.6 Å². The molecule has 1 nitrogen and oxygen atoms in total. The highest BCUT2D eigenvalue weighted by Gasteiger charge is 2.23. The molecule has 0 amide bonds. The number of rotatable bonds is 6. The van der Waals surface area contributed by atoms with Crippen LogP contribution in [0.2, 0.25) is 0 Å². The van der Waals surface area contributed by atoms with Gasteiger partial charge in [0.2, 0.25) is 0 Å². The number of thiophene rings is 2. The average molecular weight is 736 g/mol. The summed E-state index contributed by atoms with van der Waals surface area (Å²) in [5.41, 5.74) is 10.8. The summed E-state index contributed by atoms with van der Waals surface area (Å²) >= 11 is 3.76. The summed E-state index contributed by atoms with van der Waals surface area (Å²) in [4.78, 5) is 2.49. The molecule has 2 heterocycles. The van der Waals surface area contributed by atoms with E-state index in [2.05, 4.69) is 205 Å². The van der Waals surface area contributed by atoms with Crippen LogP contribution in [0.15, 0.2) is 200 Å². The average Bonchev–Trinajstić information content (AvgIpc) is 3.83. The van der Waals surface area contributed by atoms with Crippen molar-refractivity contribution in [2.24, 2.45) is 0 Å². The molecule has 258 valence electrons. The molecule has 3 heteroatoms. The lowest BCUT2D eigenvalue weighted by Crippen LogP contribution is -2.11. The van der Waals surface area contributed by atoms with Crippen molar-refractivity contribution in [1.82, 2.24) is 0 Å². The Morgan fingerprint density at radius 3 is 1.60 bits per heavy atom. The van der Waals surface area contributed by atoms with Crippen LogP contribution in [0.3, 0.4) is 0 Å². The highest BCUT2D eigenvalue weighted by Crippen LogP contribution is 2.50. The first kappa shape index (κ1) is 32.0. The predicted octanol–water partition coefficient (Wildman–Crippen LogP) is 16.0. The number of benzene rings is 9. The van der Waals surface area contributed by atoms with E-state index >= 15 is 0 Å². The molecular weight excluding hydrogens is 703 g/mol. The zero-order valence-corrected chi connectivity index (χ0v) is 31.4. The second kappa shape index (κ2) is 13.1. The lowest BCUT2D eigenvalue weighted by Gasteiger charge is -2.29. The molecule has 2 aromatic heterocycles. The van der Waals surface area contributed by atoms with Gasteiger partial charge in [0.05, 0.1) is 10.4 Å². The number of anilines is 3. The maximum absolute atomic E-state index is 2.49. The van der Waals surface area contributed by atoms with Crippen LogP contribution in [0.25, 0.3) is 84.5 Å². The van der Waals surface area contributed by atoms with Gasteiger partial charge in [-0.15, -0.1) is 22.7 Å². The van der Waals surface area contributed by atoms with Crippen molar-refractivity contribution in [2.45, 2.75) is 0 Å². The van der Waals surface area contributed by atoms with Crippen molar-refractivity contribution in [3.05, 3.63) is 200 Å². The first-order valence-electron chi connectivity index (χ1n) is 18.7. The third kappa shape index (κ3) is 5.43. The molecule has 0 aliphatic rings. The Labute approximate surface area is 327 Å². The van der Waals surface area contributed by atoms with E-state index in [-0.39, 0.29) is 0 Å². The van der Waals surface area contributed by atoms with Gasteiger partial charge in [-0.2, -0.15) is 0 Å². The number of nitrogens with zero attached hydrogens (tertiary/aromatic N) is 1. The SMILES string of the molecule is c1ccc(-c2ccc3cc(N(c4ccc(-c5cccc6c5sc5ccccc56)cc4)c4c(-c5ccccc5)ccc5c4sc4ccccc45)ccc3c2)cc1. The Morgan fingerprint density at radius 1 is 0.309 bits per heavy atom. The van der Waals surface area contributed by atoms with Gasteiger partial charge < -0.3 is 4.90 Å². The second-order valence-corrected chi connectivity index (χ2v) is 16.2. The number of hydrogen-bond acceptors (Lipinski definition) is 3. The lowest BCUT2D eigenvalue weighted by atomic mass is 9.98. The van der Waals surface area contributed by atoms with Gasteiger partial charge in [0.1, 0.15) is 0 Å². The highest BCUT2D eigenvalue weighted by molar-refractivity contribution is 7.26. The van der Waals surface area contributed by atoms with Gasteiger partial charge in [0.15, 0.2) is 0 Å². The van der Waals surface area contributed by atoms with Crippen molar-refractivity contribution in [2.75, 3.05) is 4.90 Å². The normalized spacial score (nSPS) is 11.6. The highest BCUT2D eigenvalue weighted by atomic mass is 32.1. The molecule has 0 saturated carbocycles. The summed E-state index contributed by atoms with van der Waals surface area (Å²) in [5.74, 6) is 0. The third-order valence-corrected chi connectivity index (χ3v) is 13.3. The van der Waals surface area contributed by atoms with Crippen LogP contribution in [-0.2, 0) is 0 Å². The van der Waals surface area contributed by atoms with Gasteiger partial charge in [0.25, 0.3) is 0 Å². The van der Waals surface area contributed by atoms with E-state index in [9.17, 15) is 0 Å². The molecule has 9 aromatic carbocycles. The van der Waals surface area contributed by atoms with Crippen LogP contribution in [0.4, 0.5) is 17.1 Å². The summed E-state index contributed by atoms with van der Waals surface area (Å²) in [7, 11) is 0. The van der Waals surface area contributed by atoms with Crippen LogP contribution < -0.4 is 4.90 Å². The molecule has 0 bridgehead atoms. The van der Waals surface area contributed by atoms with Crippen molar-refractivity contribution < 1.29 is 0 Å². The second-order valence-electron chi connectivity index (χ2n) is 14.1. The van der Waals surface area contributed by atoms with E-state index in [1.807, 2.05) is 22.7 Å². The quantitative estimate of drug-likeness (QED) is 0.164. The van der Waals surface area contributed by atoms with Crippen LogP contribution in [0.5, 0.6) is 0 Å². The fourth-order valence-corrected chi connectivity index (χ4v) is 10.7. The molecule has 11 rings (SSSR count). The number of fused-ring (bicyclic) bond motifs is 7. The number of hydrogen-bond donors (Lipinski definition) is 0. The van der Waals surface area contributed by atoms with E-state index in [1.165, 1.54) is 90.2 Å². The fourth-order valence-electron chi connectivity index (χ4n) is 8.20. The van der Waals surface area contributed by atoms with E-state index in [0.29, 0.717) is 0 Å². The molecule has 0 aliphatic heterocycles. The Balaban J connectivity index is 1.14. The minimum atomic E-state index is 1.12. The molecule has 0 saturated heterocycles. The Kier molecular flexibility index (Phi) is 7.61. The van der Waals surface area contributed by atoms with E-state index in [4.69, 9.17) is 0 Å². The lowest BCUT2D eigenvalue weighted by molar-refractivity contribution is 1.31. The summed E-state index contributed by atoms with van der Waals surface area (Å²) in [6.07, 6.45) is 0. The smallest absolute Gasteiger partial charge is 0.0718 e. The Hall–Kier alpha value is -6.52. The zero-order valence-electron chi connectivity index (χ0n) is 29.8. The van der Waals surface area contributed by atoms with Crippen LogP contribution in [0.1, 0.15) is 0 Å². The molecule has 0 fully saturated rings. The zero-order chi connectivity index (χ0) is 36.3. The summed E-state index contributed by atoms with van der Waals surface area (Å²) in [6.45, 7) is 0. The topological polar surface area (TPSA) is 3.24 Å². The summed E-state index contributed by atoms with van der Waals surface area (Å²) in [6, 6.07) is 73.4. The minimum Gasteiger partial charge on any atom is -0.308 e. The van der Waals surface area contributed by atoms with Crippen molar-refractivity contribution >= 4 is 90.9 Å². The first-order valence-corrected chi connectivity index (χ1v) is 20.3. The van der Waals surface area contributed by atoms with Crippen LogP contribution in [0, 0.1) is 0 Å². The maximum Gasteiger partial charge on any atom is 0.0718 e. The largest absolute Gasteiger partial charge is 0.308 e. The maximum atomic E-state index is 2.49. The minimum absolute atomic E-state index is 1.12. The van der Waals surface area contributed by atoms with Crippen molar-refractivity contribution in [3.8, 4) is 33.4 Å². The van der Waals surface area contributed by atoms with Crippen molar-refractivity contribution in [3.63, 3.8) is 0 Å². The molecule has 11 aromatic rings. The Bertz CT molecular complexity index is 3190. The molecule has 0 N–H and O–H groups in total. The van der Waals surface area contributed by atoms with Gasteiger partial charge in [-0.25, -0.2) is 0 Å². The first-order chi connectivity index (χ1) is 27.3. The Morgan fingerprint density at radius 2 is 0.855 bits per heavy atom. The van der Waals surface area contributed by atoms with Crippen LogP contribution in [-0.4, -0.2) is 0 Å². The summed E-state index contributed by atoms with van der Waals surface area (Å²) < 4.78 is 5.23. The standard InChI is InChI=1S/C52H33NS2/c1-3-12-34(13-4-1)37-22-23-39-33-41(29-26-38(39)32-37)53(40-27-24-36(25-28-40)43-18-11-19-46-44-16-7-9-20-48(44)54-51(43)46)50-42(35-14-5-2-6-15-35)30-31-47-45-17-8-10-21-49(45)55-52(47)50/h1-33H. The molecule has 0 atom stereocenters. The molecule has 0 unspecified atom stereocenters. The van der Waals surface area contributed by atoms with E-state index in [0.717, 1.165) is 11.4 Å². The van der Waals surface area contributed by atoms with Gasteiger partial charge in [-0.1, -0.05) is 158 Å². The fraction of sp³-hybridized carbons (Fsp3) is 0. The monoisotopic (exact) mass is 735 g/mol. The molecular formula is C52H33NS2. The molecule has 0 radical (unpaired) electrons. The van der Waals surface area contributed by atoms with Crippen molar-refractivity contribution in [1.29, 1.82) is 0 Å². The molecule has 0 aliphatic carbocycles.